The molecular formula is C12H18N4OS3. The van der Waals surface area contributed by atoms with Crippen LogP contribution in [0.5, 0.6) is 0 Å². The fourth-order valence-electron chi connectivity index (χ4n) is 1.50. The Morgan fingerprint density at radius 2 is 2.05 bits per heavy atom. The summed E-state index contributed by atoms with van der Waals surface area (Å²) < 4.78 is 16.4. The molecule has 1 atom stereocenters. The molecule has 5 nitrogen and oxygen atoms in total. The molecule has 0 aliphatic heterocycles. The Morgan fingerprint density at radius 1 is 1.30 bits per heavy atom. The van der Waals surface area contributed by atoms with Crippen molar-refractivity contribution in [2.75, 3.05) is 19.0 Å². The van der Waals surface area contributed by atoms with Crippen LogP contribution in [-0.4, -0.2) is 32.6 Å². The molecule has 2 aromatic heterocycles. The lowest BCUT2D eigenvalue weighted by Gasteiger charge is -2.04. The van der Waals surface area contributed by atoms with E-state index in [1.807, 2.05) is 24.4 Å². The maximum atomic E-state index is 12.1. The molecule has 2 rings (SSSR count). The van der Waals surface area contributed by atoms with Gasteiger partial charge in [0, 0.05) is 47.7 Å². The van der Waals surface area contributed by atoms with Gasteiger partial charge in [0.05, 0.1) is 22.2 Å². The molecule has 2 heterocycles. The normalized spacial score (nSPS) is 12.8. The van der Waals surface area contributed by atoms with Crippen molar-refractivity contribution in [3.05, 3.63) is 21.9 Å². The van der Waals surface area contributed by atoms with Gasteiger partial charge in [-0.3, -0.25) is 4.21 Å². The molecule has 0 spiro atoms. The van der Waals surface area contributed by atoms with Gasteiger partial charge in [0.2, 0.25) is 5.13 Å². The van der Waals surface area contributed by atoms with Crippen LogP contribution in [0.25, 0.3) is 0 Å². The predicted octanol–water partition coefficient (Wildman–Crippen LogP) is 2.63. The number of hydrogen-bond acceptors (Lipinski definition) is 7. The summed E-state index contributed by atoms with van der Waals surface area (Å²) in [5.74, 6) is 1.93. The monoisotopic (exact) mass is 330 g/mol. The van der Waals surface area contributed by atoms with Crippen LogP contribution in [0.2, 0.25) is 0 Å². The van der Waals surface area contributed by atoms with Crippen LogP contribution in [0, 0.1) is 0 Å². The fraction of sp³-hybridized carbons (Fsp3) is 0.583. The van der Waals surface area contributed by atoms with Gasteiger partial charge in [0.1, 0.15) is 0 Å². The van der Waals surface area contributed by atoms with Crippen molar-refractivity contribution in [1.82, 2.24) is 14.3 Å². The summed E-state index contributed by atoms with van der Waals surface area (Å²) >= 11 is 2.96. The topological polar surface area (TPSA) is 59.0 Å². The van der Waals surface area contributed by atoms with E-state index in [9.17, 15) is 4.21 Å². The van der Waals surface area contributed by atoms with E-state index in [-0.39, 0.29) is 0 Å². The van der Waals surface area contributed by atoms with Crippen molar-refractivity contribution in [2.24, 2.45) is 0 Å². The molecule has 8 heteroatoms. The Bertz CT molecular complexity index is 541. The van der Waals surface area contributed by atoms with Crippen molar-refractivity contribution in [1.29, 1.82) is 0 Å². The SMILES string of the molecule is CC(C)c1nc(C[S@](=O)Cc2nsc(N(C)C)n2)cs1. The van der Waals surface area contributed by atoms with Crippen LogP contribution in [0.3, 0.4) is 0 Å². The van der Waals surface area contributed by atoms with Gasteiger partial charge in [0.15, 0.2) is 5.82 Å². The first kappa shape index (κ1) is 15.5. The van der Waals surface area contributed by atoms with Crippen LogP contribution < -0.4 is 4.90 Å². The molecule has 0 radical (unpaired) electrons. The average Bonchev–Trinajstić information content (AvgIpc) is 2.98. The summed E-state index contributed by atoms with van der Waals surface area (Å²) in [5.41, 5.74) is 0.903. The second-order valence-electron chi connectivity index (χ2n) is 4.95. The largest absolute Gasteiger partial charge is 0.353 e. The lowest BCUT2D eigenvalue weighted by atomic mass is 10.2. The number of hydrogen-bond donors (Lipinski definition) is 0. The van der Waals surface area contributed by atoms with E-state index in [0.717, 1.165) is 15.8 Å². The smallest absolute Gasteiger partial charge is 0.204 e. The van der Waals surface area contributed by atoms with Crippen LogP contribution in [-0.2, 0) is 22.3 Å². The third-order valence-electron chi connectivity index (χ3n) is 2.50. The van der Waals surface area contributed by atoms with Crippen molar-refractivity contribution < 1.29 is 4.21 Å². The lowest BCUT2D eigenvalue weighted by Crippen LogP contribution is -2.08. The molecule has 2 aromatic rings. The van der Waals surface area contributed by atoms with Crippen LogP contribution >= 0.6 is 22.9 Å². The Kier molecular flexibility index (Phi) is 5.22. The van der Waals surface area contributed by atoms with Crippen LogP contribution in [0.15, 0.2) is 5.38 Å². The highest BCUT2D eigenvalue weighted by Crippen LogP contribution is 2.20. The van der Waals surface area contributed by atoms with E-state index in [2.05, 4.69) is 28.2 Å². The van der Waals surface area contributed by atoms with E-state index >= 15 is 0 Å². The minimum atomic E-state index is -1.01. The Balaban J connectivity index is 1.94. The van der Waals surface area contributed by atoms with E-state index in [4.69, 9.17) is 0 Å². The number of thiazole rings is 1. The van der Waals surface area contributed by atoms with Gasteiger partial charge in [0.25, 0.3) is 0 Å². The van der Waals surface area contributed by atoms with Crippen molar-refractivity contribution in [3.63, 3.8) is 0 Å². The summed E-state index contributed by atoms with van der Waals surface area (Å²) in [6.07, 6.45) is 0. The maximum absolute atomic E-state index is 12.1. The first-order chi connectivity index (χ1) is 9.45. The molecule has 0 saturated carbocycles. The van der Waals surface area contributed by atoms with Gasteiger partial charge >= 0.3 is 0 Å². The summed E-state index contributed by atoms with van der Waals surface area (Å²) in [6, 6.07) is 0. The lowest BCUT2D eigenvalue weighted by molar-refractivity contribution is 0.680. The second kappa shape index (κ2) is 6.73. The van der Waals surface area contributed by atoms with Crippen molar-refractivity contribution in [2.45, 2.75) is 31.3 Å². The van der Waals surface area contributed by atoms with Gasteiger partial charge in [-0.2, -0.15) is 4.37 Å². The molecule has 0 aliphatic rings. The average molecular weight is 331 g/mol. The predicted molar refractivity (Wildman–Crippen MR) is 86.0 cm³/mol. The third kappa shape index (κ3) is 4.07. The Morgan fingerprint density at radius 3 is 2.60 bits per heavy atom. The molecule has 0 aromatic carbocycles. The zero-order valence-electron chi connectivity index (χ0n) is 12.0. The first-order valence-corrected chi connectivity index (χ1v) is 9.39. The van der Waals surface area contributed by atoms with E-state index < -0.39 is 10.8 Å². The molecule has 0 amide bonds. The quantitative estimate of drug-likeness (QED) is 0.815. The van der Waals surface area contributed by atoms with E-state index in [0.29, 0.717) is 23.2 Å². The van der Waals surface area contributed by atoms with Crippen LogP contribution in [0.1, 0.15) is 36.3 Å². The highest BCUT2D eigenvalue weighted by molar-refractivity contribution is 7.83. The van der Waals surface area contributed by atoms with Gasteiger partial charge in [-0.15, -0.1) is 11.3 Å². The molecule has 0 bridgehead atoms. The summed E-state index contributed by atoms with van der Waals surface area (Å²) in [5, 5.41) is 3.93. The molecule has 0 saturated heterocycles. The highest BCUT2D eigenvalue weighted by atomic mass is 32.2. The number of rotatable bonds is 6. The molecule has 0 unspecified atom stereocenters. The zero-order chi connectivity index (χ0) is 14.7. The molecule has 0 fully saturated rings. The highest BCUT2D eigenvalue weighted by Gasteiger charge is 2.12. The molecule has 110 valence electrons. The number of anilines is 1. The minimum Gasteiger partial charge on any atom is -0.353 e. The van der Waals surface area contributed by atoms with E-state index in [1.165, 1.54) is 11.5 Å². The van der Waals surface area contributed by atoms with E-state index in [1.54, 1.807) is 11.3 Å². The Hall–Kier alpha value is -0.860. The van der Waals surface area contributed by atoms with Crippen molar-refractivity contribution in [3.8, 4) is 0 Å². The summed E-state index contributed by atoms with van der Waals surface area (Å²) in [6.45, 7) is 4.23. The van der Waals surface area contributed by atoms with Gasteiger partial charge in [-0.25, -0.2) is 9.97 Å². The fourth-order valence-corrected chi connectivity index (χ4v) is 4.12. The van der Waals surface area contributed by atoms with Gasteiger partial charge < -0.3 is 4.90 Å². The van der Waals surface area contributed by atoms with Gasteiger partial charge in [-0.05, 0) is 0 Å². The summed E-state index contributed by atoms with van der Waals surface area (Å²) in [7, 11) is 2.83. The number of nitrogens with zero attached hydrogens (tertiary/aromatic N) is 4. The first-order valence-electron chi connectivity index (χ1n) is 6.25. The molecule has 0 aliphatic carbocycles. The second-order valence-corrected chi connectivity index (χ2v) is 8.02. The standard InChI is InChI=1S/C12H18N4OS3/c1-8(2)11-13-9(5-18-11)6-20(17)7-10-14-12(16(3)4)19-15-10/h5,8H,6-7H2,1-4H3/t20-/m0/s1. The van der Waals surface area contributed by atoms with Crippen LogP contribution in [0.4, 0.5) is 5.13 Å². The maximum Gasteiger partial charge on any atom is 0.204 e. The molecule has 0 N–H and O–H groups in total. The van der Waals surface area contributed by atoms with Gasteiger partial charge in [-0.1, -0.05) is 13.8 Å². The third-order valence-corrected chi connectivity index (χ3v) is 5.82. The minimum absolute atomic E-state index is 0.388. The molecule has 20 heavy (non-hydrogen) atoms. The Labute approximate surface area is 129 Å². The van der Waals surface area contributed by atoms with Crippen molar-refractivity contribution >= 4 is 38.8 Å². The molecular weight excluding hydrogens is 312 g/mol. The summed E-state index contributed by atoms with van der Waals surface area (Å²) in [4.78, 5) is 10.8. The zero-order valence-corrected chi connectivity index (χ0v) is 14.4. The number of aromatic nitrogens is 3.